The van der Waals surface area contributed by atoms with Gasteiger partial charge in [-0.05, 0) is 46.5 Å². The Morgan fingerprint density at radius 1 is 1.22 bits per heavy atom. The number of rotatable bonds is 6. The molecule has 0 aromatic carbocycles. The van der Waals surface area contributed by atoms with Crippen LogP contribution in [0.2, 0.25) is 0 Å². The third-order valence-corrected chi connectivity index (χ3v) is 6.33. The molecule has 1 saturated carbocycles. The topological polar surface area (TPSA) is 99.3 Å². The molecule has 0 radical (unpaired) electrons. The summed E-state index contributed by atoms with van der Waals surface area (Å²) in [7, 11) is 0. The Balaban J connectivity index is 1.47. The molecular weight excluding hydrogens is 408 g/mol. The highest BCUT2D eigenvalue weighted by atomic mass is 16.7. The van der Waals surface area contributed by atoms with E-state index >= 15 is 0 Å². The molecule has 0 spiro atoms. The smallest absolute Gasteiger partial charge is 0.163 e. The predicted molar refractivity (Wildman–Crippen MR) is 121 cm³/mol. The lowest BCUT2D eigenvalue weighted by Gasteiger charge is -2.26. The van der Waals surface area contributed by atoms with Crippen molar-refractivity contribution in [3.8, 4) is 11.3 Å². The molecule has 0 amide bonds. The SMILES string of the molecule is CCNc1cc2c(cn1)c(-c1cnn(CC3COC(C)(C)O3)c1)nn2C1CCC(O)CC1. The molecule has 9 nitrogen and oxygen atoms in total. The molecule has 2 aliphatic rings. The number of pyridine rings is 1. The summed E-state index contributed by atoms with van der Waals surface area (Å²) in [5.41, 5.74) is 2.91. The Morgan fingerprint density at radius 2 is 2.03 bits per heavy atom. The van der Waals surface area contributed by atoms with Gasteiger partial charge in [0.05, 0.1) is 37.0 Å². The van der Waals surface area contributed by atoms with E-state index in [1.54, 1.807) is 0 Å². The molecule has 2 fully saturated rings. The number of ether oxygens (including phenoxy) is 2. The molecule has 1 atom stereocenters. The summed E-state index contributed by atoms with van der Waals surface area (Å²) in [5, 5.41) is 23.9. The van der Waals surface area contributed by atoms with Crippen LogP contribution in [0, 0.1) is 0 Å². The first-order valence-electron chi connectivity index (χ1n) is 11.6. The van der Waals surface area contributed by atoms with Crippen LogP contribution in [0.15, 0.2) is 24.7 Å². The van der Waals surface area contributed by atoms with Gasteiger partial charge in [0.15, 0.2) is 5.79 Å². The van der Waals surface area contributed by atoms with Crippen molar-refractivity contribution >= 4 is 16.7 Å². The number of aliphatic hydroxyl groups excluding tert-OH is 1. The Labute approximate surface area is 187 Å². The minimum atomic E-state index is -0.543. The lowest BCUT2D eigenvalue weighted by molar-refractivity contribution is -0.139. The number of fused-ring (bicyclic) bond motifs is 1. The third-order valence-electron chi connectivity index (χ3n) is 6.33. The average Bonchev–Trinajstić information content (AvgIpc) is 3.46. The summed E-state index contributed by atoms with van der Waals surface area (Å²) >= 11 is 0. The standard InChI is InChI=1S/C23H32N6O3/c1-4-24-21-9-20-19(11-25-21)22(27-29(20)16-5-7-17(30)8-6-16)15-10-26-28(12-15)13-18-14-31-23(2,3)32-18/h9-12,16-18,30H,4-8,13-14H2,1-3H3,(H,24,25). The van der Waals surface area contributed by atoms with Crippen LogP contribution in [-0.4, -0.2) is 60.8 Å². The molecule has 0 bridgehead atoms. The van der Waals surface area contributed by atoms with E-state index in [-0.39, 0.29) is 18.2 Å². The van der Waals surface area contributed by atoms with Gasteiger partial charge in [-0.1, -0.05) is 0 Å². The summed E-state index contributed by atoms with van der Waals surface area (Å²) in [5.74, 6) is 0.305. The lowest BCUT2D eigenvalue weighted by Crippen LogP contribution is -2.24. The number of nitrogens with one attached hydrogen (secondary N) is 1. The molecule has 4 heterocycles. The van der Waals surface area contributed by atoms with Gasteiger partial charge in [-0.3, -0.25) is 9.36 Å². The Bertz CT molecular complexity index is 1080. The third kappa shape index (κ3) is 4.24. The quantitative estimate of drug-likeness (QED) is 0.606. The van der Waals surface area contributed by atoms with Gasteiger partial charge in [0, 0.05) is 36.0 Å². The van der Waals surface area contributed by atoms with Gasteiger partial charge in [-0.25, -0.2) is 4.98 Å². The van der Waals surface area contributed by atoms with E-state index in [1.807, 2.05) is 37.1 Å². The number of aromatic nitrogens is 5. The normalized spacial score (nSPS) is 25.4. The van der Waals surface area contributed by atoms with Crippen LogP contribution in [0.1, 0.15) is 52.5 Å². The van der Waals surface area contributed by atoms with Crippen molar-refractivity contribution in [2.75, 3.05) is 18.5 Å². The van der Waals surface area contributed by atoms with Crippen molar-refractivity contribution in [3.05, 3.63) is 24.7 Å². The van der Waals surface area contributed by atoms with Gasteiger partial charge < -0.3 is 19.9 Å². The Kier molecular flexibility index (Phi) is 5.65. The van der Waals surface area contributed by atoms with Crippen LogP contribution in [0.4, 0.5) is 5.82 Å². The molecule has 1 aliphatic carbocycles. The summed E-state index contributed by atoms with van der Waals surface area (Å²) in [6.45, 7) is 7.92. The monoisotopic (exact) mass is 440 g/mol. The summed E-state index contributed by atoms with van der Waals surface area (Å²) in [6, 6.07) is 2.35. The largest absolute Gasteiger partial charge is 0.393 e. The molecule has 1 aliphatic heterocycles. The van der Waals surface area contributed by atoms with Crippen LogP contribution in [0.5, 0.6) is 0 Å². The highest BCUT2D eigenvalue weighted by Crippen LogP contribution is 2.35. The van der Waals surface area contributed by atoms with E-state index in [4.69, 9.17) is 14.6 Å². The van der Waals surface area contributed by atoms with Crippen molar-refractivity contribution < 1.29 is 14.6 Å². The lowest BCUT2D eigenvalue weighted by atomic mass is 9.93. The molecular formula is C23H32N6O3. The molecule has 1 saturated heterocycles. The summed E-state index contributed by atoms with van der Waals surface area (Å²) < 4.78 is 15.6. The average molecular weight is 441 g/mol. The minimum absolute atomic E-state index is 0.0231. The van der Waals surface area contributed by atoms with E-state index < -0.39 is 5.79 Å². The van der Waals surface area contributed by atoms with Gasteiger partial charge in [-0.2, -0.15) is 10.2 Å². The molecule has 32 heavy (non-hydrogen) atoms. The van der Waals surface area contributed by atoms with Gasteiger partial charge >= 0.3 is 0 Å². The van der Waals surface area contributed by atoms with E-state index in [2.05, 4.69) is 33.1 Å². The first kappa shape index (κ1) is 21.4. The first-order chi connectivity index (χ1) is 15.4. The molecule has 2 N–H and O–H groups in total. The van der Waals surface area contributed by atoms with Crippen molar-refractivity contribution in [1.82, 2.24) is 24.5 Å². The van der Waals surface area contributed by atoms with Gasteiger partial charge in [0.1, 0.15) is 17.6 Å². The van der Waals surface area contributed by atoms with Crippen molar-refractivity contribution in [1.29, 1.82) is 0 Å². The second kappa shape index (κ2) is 8.46. The van der Waals surface area contributed by atoms with Crippen LogP contribution in [-0.2, 0) is 16.0 Å². The second-order valence-electron chi connectivity index (χ2n) is 9.27. The minimum Gasteiger partial charge on any atom is -0.393 e. The van der Waals surface area contributed by atoms with Gasteiger partial charge in [0.25, 0.3) is 0 Å². The summed E-state index contributed by atoms with van der Waals surface area (Å²) in [6.07, 6.45) is 9.02. The van der Waals surface area contributed by atoms with Gasteiger partial charge in [-0.15, -0.1) is 0 Å². The van der Waals surface area contributed by atoms with Crippen LogP contribution < -0.4 is 5.32 Å². The molecule has 3 aromatic rings. The molecule has 3 aromatic heterocycles. The highest BCUT2D eigenvalue weighted by molar-refractivity contribution is 5.93. The molecule has 1 unspecified atom stereocenters. The van der Waals surface area contributed by atoms with Crippen molar-refractivity contribution in [2.45, 2.75) is 77.0 Å². The highest BCUT2D eigenvalue weighted by Gasteiger charge is 2.33. The first-order valence-corrected chi connectivity index (χ1v) is 11.6. The van der Waals surface area contributed by atoms with Crippen molar-refractivity contribution in [2.24, 2.45) is 0 Å². The number of aliphatic hydroxyl groups is 1. The van der Waals surface area contributed by atoms with Crippen molar-refractivity contribution in [3.63, 3.8) is 0 Å². The summed E-state index contributed by atoms with van der Waals surface area (Å²) in [4.78, 5) is 4.59. The molecule has 172 valence electrons. The zero-order chi connectivity index (χ0) is 22.3. The fourth-order valence-electron chi connectivity index (χ4n) is 4.75. The second-order valence-corrected chi connectivity index (χ2v) is 9.27. The van der Waals surface area contributed by atoms with E-state index in [0.29, 0.717) is 13.2 Å². The predicted octanol–water partition coefficient (Wildman–Crippen LogP) is 3.35. The molecule has 9 heteroatoms. The maximum Gasteiger partial charge on any atom is 0.163 e. The van der Waals surface area contributed by atoms with E-state index in [9.17, 15) is 5.11 Å². The van der Waals surface area contributed by atoms with Crippen LogP contribution in [0.3, 0.4) is 0 Å². The van der Waals surface area contributed by atoms with E-state index in [1.165, 1.54) is 0 Å². The maximum atomic E-state index is 9.96. The van der Waals surface area contributed by atoms with E-state index in [0.717, 1.165) is 60.2 Å². The zero-order valence-electron chi connectivity index (χ0n) is 19.0. The number of hydrogen-bond acceptors (Lipinski definition) is 7. The fourth-order valence-corrected chi connectivity index (χ4v) is 4.75. The number of nitrogens with zero attached hydrogens (tertiary/aromatic N) is 5. The van der Waals surface area contributed by atoms with Crippen LogP contribution in [0.25, 0.3) is 22.2 Å². The number of anilines is 1. The molecule has 5 rings (SSSR count). The fraction of sp³-hybridized carbons (Fsp3) is 0.609. The van der Waals surface area contributed by atoms with Gasteiger partial charge in [0.2, 0.25) is 0 Å². The number of hydrogen-bond donors (Lipinski definition) is 2. The maximum absolute atomic E-state index is 9.96. The van der Waals surface area contributed by atoms with Crippen LogP contribution >= 0.6 is 0 Å². The Hall–Kier alpha value is -2.49. The zero-order valence-corrected chi connectivity index (χ0v) is 19.0. The Morgan fingerprint density at radius 3 is 2.75 bits per heavy atom.